The summed E-state index contributed by atoms with van der Waals surface area (Å²) in [7, 11) is 3.22. The first-order valence-electron chi connectivity index (χ1n) is 10.0. The van der Waals surface area contributed by atoms with Crippen LogP contribution in [0.2, 0.25) is 0 Å². The van der Waals surface area contributed by atoms with Gasteiger partial charge in [0.05, 0.1) is 30.9 Å². The second kappa shape index (κ2) is 8.34. The van der Waals surface area contributed by atoms with Crippen LogP contribution in [0, 0.1) is 0 Å². The van der Waals surface area contributed by atoms with Crippen LogP contribution in [-0.4, -0.2) is 46.6 Å². The monoisotopic (exact) mass is 396 g/mol. The zero-order chi connectivity index (χ0) is 20.4. The number of rotatable bonds is 4. The molecule has 0 radical (unpaired) electrons. The van der Waals surface area contributed by atoms with E-state index in [0.29, 0.717) is 17.7 Å². The molecule has 8 heteroatoms. The number of amides is 1. The normalized spacial score (nSPS) is 22.0. The van der Waals surface area contributed by atoms with Crippen molar-refractivity contribution in [2.45, 2.75) is 50.7 Å². The van der Waals surface area contributed by atoms with Gasteiger partial charge in [-0.15, -0.1) is 0 Å². The molecule has 1 aromatic heterocycles. The Kier molecular flexibility index (Phi) is 5.64. The van der Waals surface area contributed by atoms with Gasteiger partial charge in [0.2, 0.25) is 5.91 Å². The van der Waals surface area contributed by atoms with Crippen molar-refractivity contribution in [1.29, 1.82) is 0 Å². The van der Waals surface area contributed by atoms with Crippen LogP contribution in [0.3, 0.4) is 0 Å². The summed E-state index contributed by atoms with van der Waals surface area (Å²) in [5, 5.41) is 4.75. The van der Waals surface area contributed by atoms with Crippen molar-refractivity contribution in [2.24, 2.45) is 0 Å². The maximum absolute atomic E-state index is 12.9. The van der Waals surface area contributed by atoms with E-state index in [2.05, 4.69) is 15.7 Å². The van der Waals surface area contributed by atoms with E-state index in [9.17, 15) is 9.59 Å². The van der Waals surface area contributed by atoms with E-state index < -0.39 is 12.0 Å². The first-order valence-corrected chi connectivity index (χ1v) is 10.0. The third kappa shape index (κ3) is 4.04. The predicted molar refractivity (Wildman–Crippen MR) is 108 cm³/mol. The molecule has 154 valence electrons. The van der Waals surface area contributed by atoms with Crippen LogP contribution in [0.15, 0.2) is 30.9 Å². The lowest BCUT2D eigenvalue weighted by molar-refractivity contribution is -0.118. The summed E-state index contributed by atoms with van der Waals surface area (Å²) in [4.78, 5) is 29.3. The van der Waals surface area contributed by atoms with Gasteiger partial charge in [-0.3, -0.25) is 4.79 Å². The Hall–Kier alpha value is -2.71. The lowest BCUT2D eigenvalue weighted by Crippen LogP contribution is -2.40. The molecular formula is C21H26N5O3-. The molecule has 4 rings (SSSR count). The average Bonchev–Trinajstić information content (AvgIpc) is 3.27. The number of hydrogen-bond acceptors (Lipinski definition) is 5. The van der Waals surface area contributed by atoms with Crippen LogP contribution in [0.1, 0.15) is 53.3 Å². The summed E-state index contributed by atoms with van der Waals surface area (Å²) in [6.07, 6.45) is 11.0. The molecule has 0 saturated carbocycles. The standard InChI is InChI=1S/C21H26N5O3/c1-25-19(26-10-9-22-13-26)8-7-17(24-25)20(27)23-18-12-15-6-4-3-5-14(15)11-16(18)21(28)29-2/h9-13,17,19H,3-8H2,1-2H3,(H,23,27)/q-1. The lowest BCUT2D eigenvalue weighted by Gasteiger charge is -2.50. The molecular weight excluding hydrogens is 370 g/mol. The molecule has 1 N–H and O–H groups in total. The molecule has 1 amide bonds. The number of hydrogen-bond donors (Lipinski definition) is 1. The third-order valence-corrected chi connectivity index (χ3v) is 5.77. The highest BCUT2D eigenvalue weighted by Crippen LogP contribution is 2.32. The summed E-state index contributed by atoms with van der Waals surface area (Å²) in [5.41, 5.74) is 7.83. The molecule has 2 aliphatic rings. The van der Waals surface area contributed by atoms with Crippen LogP contribution in [0.4, 0.5) is 5.69 Å². The largest absolute Gasteiger partial charge is 0.582 e. The molecule has 29 heavy (non-hydrogen) atoms. The minimum absolute atomic E-state index is 0.0518. The molecule has 1 aliphatic carbocycles. The van der Waals surface area contributed by atoms with E-state index in [1.54, 1.807) is 12.5 Å². The number of imidazole rings is 1. The first kappa shape index (κ1) is 19.6. The smallest absolute Gasteiger partial charge is 0.339 e. The van der Waals surface area contributed by atoms with Crippen LogP contribution in [0.25, 0.3) is 5.43 Å². The summed E-state index contributed by atoms with van der Waals surface area (Å²) >= 11 is 0. The van der Waals surface area contributed by atoms with Gasteiger partial charge in [0, 0.05) is 12.4 Å². The summed E-state index contributed by atoms with van der Waals surface area (Å²) < 4.78 is 6.92. The Morgan fingerprint density at radius 3 is 2.62 bits per heavy atom. The second-order valence-corrected chi connectivity index (χ2v) is 7.63. The Bertz CT molecular complexity index is 896. The quantitative estimate of drug-likeness (QED) is 0.802. The lowest BCUT2D eigenvalue weighted by atomic mass is 9.89. The van der Waals surface area contributed by atoms with Crippen molar-refractivity contribution in [3.05, 3.63) is 53.0 Å². The number of carbonyl (C=O) groups excluding carboxylic acids is 2. The van der Waals surface area contributed by atoms with Crippen LogP contribution in [0.5, 0.6) is 0 Å². The minimum atomic E-state index is -0.499. The molecule has 2 aromatic rings. The number of benzene rings is 1. The zero-order valence-corrected chi connectivity index (χ0v) is 16.8. The fourth-order valence-corrected chi connectivity index (χ4v) is 4.20. The highest BCUT2D eigenvalue weighted by atomic mass is 16.5. The molecule has 1 aliphatic heterocycles. The van der Waals surface area contributed by atoms with Crippen molar-refractivity contribution < 1.29 is 14.3 Å². The number of carbonyl (C=O) groups is 2. The Labute approximate surface area is 170 Å². The van der Waals surface area contributed by atoms with Gasteiger partial charge in [0.1, 0.15) is 0 Å². The molecule has 1 fully saturated rings. The molecule has 0 bridgehead atoms. The summed E-state index contributed by atoms with van der Waals surface area (Å²) in [6, 6.07) is 3.30. The van der Waals surface area contributed by atoms with Crippen LogP contribution < -0.4 is 5.32 Å². The molecule has 8 nitrogen and oxygen atoms in total. The van der Waals surface area contributed by atoms with Gasteiger partial charge in [-0.2, -0.15) is 0 Å². The number of anilines is 1. The topological polar surface area (TPSA) is 90.6 Å². The number of aromatic nitrogens is 2. The number of esters is 1. The first-order chi connectivity index (χ1) is 14.1. The fourth-order valence-electron chi connectivity index (χ4n) is 4.20. The zero-order valence-electron chi connectivity index (χ0n) is 16.8. The SMILES string of the molecule is COC(=O)c1cc2c(cc1NC(=O)C1CCC(n3ccnc3)N(C)[N-]1)CCCC2. The minimum Gasteiger partial charge on any atom is -0.582 e. The summed E-state index contributed by atoms with van der Waals surface area (Å²) in [6.45, 7) is 0. The molecule has 2 heterocycles. The third-order valence-electron chi connectivity index (χ3n) is 5.77. The number of methoxy groups -OCH3 is 1. The molecule has 2 atom stereocenters. The summed E-state index contributed by atoms with van der Waals surface area (Å²) in [5.74, 6) is -0.645. The number of nitrogens with zero attached hydrogens (tertiary/aromatic N) is 4. The van der Waals surface area contributed by atoms with Gasteiger partial charge in [-0.25, -0.2) is 9.78 Å². The van der Waals surface area contributed by atoms with E-state index in [4.69, 9.17) is 4.74 Å². The number of fused-ring (bicyclic) bond motifs is 1. The molecule has 1 saturated heterocycles. The Morgan fingerprint density at radius 2 is 1.97 bits per heavy atom. The van der Waals surface area contributed by atoms with Gasteiger partial charge in [0.15, 0.2) is 0 Å². The number of nitrogens with one attached hydrogen (secondary N) is 1. The highest BCUT2D eigenvalue weighted by molar-refractivity contribution is 6.03. The van der Waals surface area contributed by atoms with Crippen molar-refractivity contribution in [3.63, 3.8) is 0 Å². The van der Waals surface area contributed by atoms with Crippen LogP contribution >= 0.6 is 0 Å². The molecule has 1 aromatic carbocycles. The second-order valence-electron chi connectivity index (χ2n) is 7.63. The predicted octanol–water partition coefficient (Wildman–Crippen LogP) is 3.07. The van der Waals surface area contributed by atoms with E-state index in [0.717, 1.165) is 32.1 Å². The van der Waals surface area contributed by atoms with Gasteiger partial charge in [-0.05, 0) is 68.5 Å². The van der Waals surface area contributed by atoms with E-state index >= 15 is 0 Å². The van der Waals surface area contributed by atoms with E-state index in [1.807, 2.05) is 35.0 Å². The molecule has 2 unspecified atom stereocenters. The van der Waals surface area contributed by atoms with Gasteiger partial charge < -0.3 is 25.1 Å². The van der Waals surface area contributed by atoms with Crippen molar-refractivity contribution in [3.8, 4) is 0 Å². The Morgan fingerprint density at radius 1 is 1.21 bits per heavy atom. The van der Waals surface area contributed by atoms with Gasteiger partial charge >= 0.3 is 5.97 Å². The van der Waals surface area contributed by atoms with Gasteiger partial charge in [0.25, 0.3) is 0 Å². The highest BCUT2D eigenvalue weighted by Gasteiger charge is 2.24. The van der Waals surface area contributed by atoms with Crippen molar-refractivity contribution >= 4 is 17.6 Å². The van der Waals surface area contributed by atoms with Gasteiger partial charge in [-0.1, -0.05) is 6.42 Å². The number of ether oxygens (including phenoxy) is 1. The van der Waals surface area contributed by atoms with E-state index in [1.165, 1.54) is 18.2 Å². The van der Waals surface area contributed by atoms with Crippen molar-refractivity contribution in [2.75, 3.05) is 19.5 Å². The fraction of sp³-hybridized carbons (Fsp3) is 0.476. The average molecular weight is 396 g/mol. The van der Waals surface area contributed by atoms with E-state index in [-0.39, 0.29) is 12.1 Å². The maximum Gasteiger partial charge on any atom is 0.339 e. The van der Waals surface area contributed by atoms with Crippen LogP contribution in [-0.2, 0) is 22.4 Å². The van der Waals surface area contributed by atoms with Crippen molar-refractivity contribution in [1.82, 2.24) is 14.6 Å². The molecule has 0 spiro atoms. The maximum atomic E-state index is 12.9. The Balaban J connectivity index is 1.50. The number of aryl methyl sites for hydroxylation is 2.